The van der Waals surface area contributed by atoms with Gasteiger partial charge in [0.1, 0.15) is 0 Å². The van der Waals surface area contributed by atoms with Crippen molar-refractivity contribution in [1.82, 2.24) is 25.3 Å². The fourth-order valence-corrected chi connectivity index (χ4v) is 10.4. The second kappa shape index (κ2) is 14.8. The van der Waals surface area contributed by atoms with Gasteiger partial charge in [-0.25, -0.2) is 18.1 Å². The molecule has 0 spiro atoms. The van der Waals surface area contributed by atoms with Crippen molar-refractivity contribution < 1.29 is 27.6 Å². The van der Waals surface area contributed by atoms with E-state index in [2.05, 4.69) is 30.6 Å². The minimum atomic E-state index is -4.28. The van der Waals surface area contributed by atoms with Gasteiger partial charge >= 0.3 is 0 Å². The number of aromatic amines is 1. The molecule has 9 rings (SSSR count). The number of amides is 4. The Labute approximate surface area is 319 Å². The minimum Gasteiger partial charge on any atom is -0.351 e. The van der Waals surface area contributed by atoms with Crippen LogP contribution in [0.1, 0.15) is 81.1 Å². The molecule has 0 aliphatic heterocycles. The third kappa shape index (κ3) is 7.74. The highest BCUT2D eigenvalue weighted by Gasteiger charge is 2.50. The van der Waals surface area contributed by atoms with Gasteiger partial charge in [0.15, 0.2) is 0 Å². The number of H-pyrrole nitrogens is 1. The molecule has 4 aliphatic rings. The number of hydrogen-bond acceptors (Lipinski definition) is 7. The Balaban J connectivity index is 0.980. The Kier molecular flexibility index (Phi) is 9.72. The number of hydrogen-bond donors (Lipinski definition) is 5. The van der Waals surface area contributed by atoms with Crippen LogP contribution in [-0.2, 0) is 14.8 Å². The maximum Gasteiger partial charge on any atom is 0.264 e. The van der Waals surface area contributed by atoms with Gasteiger partial charge in [0.25, 0.3) is 27.7 Å². The lowest BCUT2D eigenvalue weighted by Gasteiger charge is -2.56. The molecule has 5 N–H and O–H groups in total. The van der Waals surface area contributed by atoms with Crippen molar-refractivity contribution in [2.24, 2.45) is 23.2 Å². The first kappa shape index (κ1) is 36.2. The number of carbonyl (C=O) groups is 4. The molecule has 282 valence electrons. The first-order valence-electron chi connectivity index (χ1n) is 18.7. The summed E-state index contributed by atoms with van der Waals surface area (Å²) in [6.07, 6.45) is 8.84. The van der Waals surface area contributed by atoms with Crippen LogP contribution in [0.15, 0.2) is 108 Å². The number of aromatic nitrogens is 2. The van der Waals surface area contributed by atoms with E-state index in [9.17, 15) is 27.6 Å². The summed E-state index contributed by atoms with van der Waals surface area (Å²) in [6, 6.07) is 25.6. The number of nitrogens with zero attached hydrogens (tertiary/aromatic N) is 1. The van der Waals surface area contributed by atoms with Crippen LogP contribution in [0.3, 0.4) is 0 Å². The predicted octanol–water partition coefficient (Wildman–Crippen LogP) is 5.78. The molecule has 4 aliphatic carbocycles. The fraction of sp³-hybridized carbons (Fsp3) is 0.310. The number of benzene rings is 4. The Morgan fingerprint density at radius 1 is 0.745 bits per heavy atom. The lowest BCUT2D eigenvalue weighted by Crippen LogP contribution is -2.51. The molecule has 1 heterocycles. The smallest absolute Gasteiger partial charge is 0.264 e. The molecular weight excluding hydrogens is 717 g/mol. The van der Waals surface area contributed by atoms with Gasteiger partial charge in [-0.1, -0.05) is 54.6 Å². The van der Waals surface area contributed by atoms with Gasteiger partial charge in [0, 0.05) is 24.3 Å². The highest BCUT2D eigenvalue weighted by molar-refractivity contribution is 7.90. The summed E-state index contributed by atoms with van der Waals surface area (Å²) < 4.78 is 28.3. The number of imidazole rings is 1. The molecule has 4 amide bonds. The molecule has 12 nitrogen and oxygen atoms in total. The fourth-order valence-electron chi connectivity index (χ4n) is 9.36. The summed E-state index contributed by atoms with van der Waals surface area (Å²) >= 11 is 0. The van der Waals surface area contributed by atoms with Crippen molar-refractivity contribution in [2.45, 2.75) is 49.3 Å². The standard InChI is InChI=1S/C42H42N6O6S/c49-38(30-10-5-2-6-11-30)48-55(53,54)32-13-7-12-31(17-32)47-41(52)35(29-8-3-1-4-9-29)23-43-39(50)33-18-36-37(46-25-45-36)19-34(33)40(51)44-24-42-20-26-14-27(21-42)16-28(15-26)22-42/h1-13,17-19,25-28,35H,14-16,20-24H2,(H,43,50)(H,44,51)(H,45,46)(H,47,52)(H,48,49). The number of anilines is 1. The zero-order valence-electron chi connectivity index (χ0n) is 30.1. The Bertz CT molecular complexity index is 2340. The van der Waals surface area contributed by atoms with Gasteiger partial charge in [0.2, 0.25) is 5.91 Å². The van der Waals surface area contributed by atoms with Crippen LogP contribution in [0.25, 0.3) is 11.0 Å². The Morgan fingerprint density at radius 2 is 1.38 bits per heavy atom. The number of nitrogens with one attached hydrogen (secondary N) is 5. The molecule has 4 fully saturated rings. The average molecular weight is 759 g/mol. The lowest BCUT2D eigenvalue weighted by atomic mass is 9.49. The normalized spacial score (nSPS) is 21.8. The quantitative estimate of drug-likeness (QED) is 0.107. The highest BCUT2D eigenvalue weighted by Crippen LogP contribution is 2.59. The summed E-state index contributed by atoms with van der Waals surface area (Å²) in [5.41, 5.74) is 2.59. The molecule has 1 atom stereocenters. The molecule has 5 aromatic rings. The third-order valence-electron chi connectivity index (χ3n) is 11.5. The molecular formula is C42H42N6O6S. The van der Waals surface area contributed by atoms with Crippen LogP contribution in [0.4, 0.5) is 5.69 Å². The molecule has 4 aromatic carbocycles. The summed E-state index contributed by atoms with van der Waals surface area (Å²) in [5, 5.41) is 8.85. The SMILES string of the molecule is O=C(NS(=O)(=O)c1cccc(NC(=O)C(CNC(=O)c2cc3nc[nH]c3cc2C(=O)NCC23CC4CC(CC(C4)C2)C3)c2ccccc2)c1)c1ccccc1. The molecule has 1 unspecified atom stereocenters. The van der Waals surface area contributed by atoms with Gasteiger partial charge in [-0.2, -0.15) is 0 Å². The van der Waals surface area contributed by atoms with Crippen LogP contribution < -0.4 is 20.7 Å². The van der Waals surface area contributed by atoms with E-state index in [0.29, 0.717) is 23.1 Å². The van der Waals surface area contributed by atoms with Gasteiger partial charge in [0.05, 0.1) is 39.3 Å². The number of fused-ring (bicyclic) bond motifs is 1. The molecule has 4 bridgehead atoms. The van der Waals surface area contributed by atoms with E-state index in [1.807, 2.05) is 6.07 Å². The maximum atomic E-state index is 14.0. The van der Waals surface area contributed by atoms with Crippen LogP contribution in [0.5, 0.6) is 0 Å². The largest absolute Gasteiger partial charge is 0.351 e. The zero-order chi connectivity index (χ0) is 38.2. The number of carbonyl (C=O) groups excluding carboxylic acids is 4. The summed E-state index contributed by atoms with van der Waals surface area (Å²) in [6.45, 7) is 0.447. The van der Waals surface area contributed by atoms with Crippen LogP contribution in [0, 0.1) is 23.2 Å². The average Bonchev–Trinajstić information content (AvgIpc) is 3.64. The van der Waals surface area contributed by atoms with Gasteiger partial charge in [-0.15, -0.1) is 0 Å². The van der Waals surface area contributed by atoms with Crippen molar-refractivity contribution in [3.63, 3.8) is 0 Å². The van der Waals surface area contributed by atoms with Crippen molar-refractivity contribution >= 4 is 50.4 Å². The summed E-state index contributed by atoms with van der Waals surface area (Å²) in [4.78, 5) is 61.5. The highest BCUT2D eigenvalue weighted by atomic mass is 32.2. The van der Waals surface area contributed by atoms with Crippen molar-refractivity contribution in [1.29, 1.82) is 0 Å². The summed E-state index contributed by atoms with van der Waals surface area (Å²) in [5.74, 6) is -0.841. The number of sulfonamides is 1. The molecule has 13 heteroatoms. The molecule has 4 saturated carbocycles. The first-order valence-corrected chi connectivity index (χ1v) is 20.1. The van der Waals surface area contributed by atoms with E-state index < -0.39 is 33.7 Å². The van der Waals surface area contributed by atoms with E-state index in [1.54, 1.807) is 54.6 Å². The monoisotopic (exact) mass is 758 g/mol. The first-order chi connectivity index (χ1) is 26.5. The lowest BCUT2D eigenvalue weighted by molar-refractivity contribution is -0.117. The van der Waals surface area contributed by atoms with E-state index in [0.717, 1.165) is 37.0 Å². The van der Waals surface area contributed by atoms with Crippen LogP contribution in [-0.4, -0.2) is 55.1 Å². The van der Waals surface area contributed by atoms with Crippen LogP contribution >= 0.6 is 0 Å². The maximum absolute atomic E-state index is 14.0. The Morgan fingerprint density at radius 3 is 2.07 bits per heavy atom. The number of rotatable bonds is 12. The van der Waals surface area contributed by atoms with E-state index in [4.69, 9.17) is 0 Å². The molecule has 0 radical (unpaired) electrons. The second-order valence-corrected chi connectivity index (χ2v) is 17.1. The third-order valence-corrected chi connectivity index (χ3v) is 12.8. The van der Waals surface area contributed by atoms with Crippen molar-refractivity contribution in [2.75, 3.05) is 18.4 Å². The summed E-state index contributed by atoms with van der Waals surface area (Å²) in [7, 11) is -4.28. The van der Waals surface area contributed by atoms with Gasteiger partial charge in [-0.05, 0) is 110 Å². The molecule has 0 saturated heterocycles. The van der Waals surface area contributed by atoms with E-state index in [1.165, 1.54) is 62.0 Å². The predicted molar refractivity (Wildman–Crippen MR) is 207 cm³/mol. The minimum absolute atomic E-state index is 0.112. The van der Waals surface area contributed by atoms with Crippen molar-refractivity contribution in [3.05, 3.63) is 126 Å². The van der Waals surface area contributed by atoms with Crippen LogP contribution in [0.2, 0.25) is 0 Å². The topological polar surface area (TPSA) is 179 Å². The molecule has 1 aromatic heterocycles. The second-order valence-electron chi connectivity index (χ2n) is 15.4. The van der Waals surface area contributed by atoms with E-state index >= 15 is 0 Å². The van der Waals surface area contributed by atoms with Gasteiger partial charge in [-0.3, -0.25) is 19.2 Å². The van der Waals surface area contributed by atoms with Gasteiger partial charge < -0.3 is 20.9 Å². The van der Waals surface area contributed by atoms with E-state index in [-0.39, 0.29) is 45.1 Å². The zero-order valence-corrected chi connectivity index (χ0v) is 30.9. The molecule has 55 heavy (non-hydrogen) atoms. The van der Waals surface area contributed by atoms with Crippen molar-refractivity contribution in [3.8, 4) is 0 Å². The Hall–Kier alpha value is -5.82.